The van der Waals surface area contributed by atoms with E-state index in [1.54, 1.807) is 6.20 Å². The monoisotopic (exact) mass is 373 g/mol. The van der Waals surface area contributed by atoms with Crippen molar-refractivity contribution < 1.29 is 4.79 Å². The molecule has 0 N–H and O–H groups in total. The predicted octanol–water partition coefficient (Wildman–Crippen LogP) is 4.38. The van der Waals surface area contributed by atoms with E-state index in [4.69, 9.17) is 0 Å². The van der Waals surface area contributed by atoms with E-state index in [0.29, 0.717) is 5.56 Å². The zero-order chi connectivity index (χ0) is 14.1. The van der Waals surface area contributed by atoms with Gasteiger partial charge in [0.15, 0.2) is 5.78 Å². The van der Waals surface area contributed by atoms with Crippen LogP contribution in [0.3, 0.4) is 0 Å². The second-order valence-corrected chi connectivity index (χ2v) is 5.73. The molecule has 0 unspecified atom stereocenters. The lowest BCUT2D eigenvalue weighted by molar-refractivity contribution is 0.103. The molecule has 3 rings (SSSR count). The van der Waals surface area contributed by atoms with Crippen LogP contribution in [0.1, 0.15) is 21.5 Å². The fourth-order valence-electron chi connectivity index (χ4n) is 2.26. The van der Waals surface area contributed by atoms with Crippen molar-refractivity contribution in [2.45, 2.75) is 6.92 Å². The number of hydrogen-bond acceptors (Lipinski definition) is 2. The summed E-state index contributed by atoms with van der Waals surface area (Å²) in [7, 11) is 0. The SMILES string of the molecule is Cc1cccc(C(=O)c2cccc3cccnc23)c1I. The number of para-hydroxylation sites is 1. The largest absolute Gasteiger partial charge is 0.288 e. The molecule has 0 aliphatic carbocycles. The lowest BCUT2D eigenvalue weighted by atomic mass is 9.99. The van der Waals surface area contributed by atoms with Crippen molar-refractivity contribution in [3.05, 3.63) is 75.0 Å². The second kappa shape index (κ2) is 5.32. The first-order valence-corrected chi connectivity index (χ1v) is 7.40. The van der Waals surface area contributed by atoms with Crippen LogP contribution in [-0.4, -0.2) is 10.8 Å². The Bertz CT molecular complexity index is 806. The summed E-state index contributed by atoms with van der Waals surface area (Å²) >= 11 is 2.23. The highest BCUT2D eigenvalue weighted by atomic mass is 127. The van der Waals surface area contributed by atoms with Crippen molar-refractivity contribution in [1.82, 2.24) is 4.98 Å². The van der Waals surface area contributed by atoms with Crippen LogP contribution in [0.15, 0.2) is 54.7 Å². The minimum absolute atomic E-state index is 0.0300. The van der Waals surface area contributed by atoms with Gasteiger partial charge >= 0.3 is 0 Å². The van der Waals surface area contributed by atoms with Gasteiger partial charge in [-0.3, -0.25) is 9.78 Å². The average Bonchev–Trinajstić information content (AvgIpc) is 2.49. The molecule has 0 fully saturated rings. The lowest BCUT2D eigenvalue weighted by Gasteiger charge is -2.08. The summed E-state index contributed by atoms with van der Waals surface area (Å²) in [4.78, 5) is 17.1. The van der Waals surface area contributed by atoms with Gasteiger partial charge in [0.2, 0.25) is 0 Å². The third kappa shape index (κ3) is 2.22. The molecular formula is C17H12INO. The highest BCUT2D eigenvalue weighted by Crippen LogP contribution is 2.23. The van der Waals surface area contributed by atoms with Gasteiger partial charge in [0.1, 0.15) is 0 Å². The third-order valence-electron chi connectivity index (χ3n) is 3.31. The van der Waals surface area contributed by atoms with Crippen LogP contribution in [-0.2, 0) is 0 Å². The zero-order valence-corrected chi connectivity index (χ0v) is 13.1. The van der Waals surface area contributed by atoms with Crippen LogP contribution >= 0.6 is 22.6 Å². The van der Waals surface area contributed by atoms with E-state index >= 15 is 0 Å². The fraction of sp³-hybridized carbons (Fsp3) is 0.0588. The van der Waals surface area contributed by atoms with Crippen LogP contribution in [0.25, 0.3) is 10.9 Å². The predicted molar refractivity (Wildman–Crippen MR) is 89.1 cm³/mol. The molecule has 0 spiro atoms. The number of fused-ring (bicyclic) bond motifs is 1. The third-order valence-corrected chi connectivity index (χ3v) is 4.75. The van der Waals surface area contributed by atoms with Gasteiger partial charge < -0.3 is 0 Å². The van der Waals surface area contributed by atoms with Crippen molar-refractivity contribution in [3.63, 3.8) is 0 Å². The molecule has 0 atom stereocenters. The van der Waals surface area contributed by atoms with E-state index in [1.165, 1.54) is 0 Å². The van der Waals surface area contributed by atoms with E-state index in [9.17, 15) is 4.79 Å². The number of rotatable bonds is 2. The quantitative estimate of drug-likeness (QED) is 0.493. The minimum Gasteiger partial charge on any atom is -0.288 e. The maximum atomic E-state index is 12.8. The van der Waals surface area contributed by atoms with Crippen molar-refractivity contribution in [2.24, 2.45) is 0 Å². The summed E-state index contributed by atoms with van der Waals surface area (Å²) in [5.41, 5.74) is 3.28. The van der Waals surface area contributed by atoms with E-state index in [1.807, 2.05) is 55.5 Å². The molecule has 0 aliphatic rings. The van der Waals surface area contributed by atoms with Crippen LogP contribution in [0, 0.1) is 10.5 Å². The number of carbonyl (C=O) groups is 1. The first-order valence-electron chi connectivity index (χ1n) is 6.32. The lowest BCUT2D eigenvalue weighted by Crippen LogP contribution is -2.06. The maximum absolute atomic E-state index is 12.8. The molecule has 98 valence electrons. The maximum Gasteiger partial charge on any atom is 0.196 e. The Balaban J connectivity index is 2.21. The van der Waals surface area contributed by atoms with Crippen LogP contribution in [0.4, 0.5) is 0 Å². The molecule has 0 saturated carbocycles. The molecule has 2 nitrogen and oxygen atoms in total. The van der Waals surface area contributed by atoms with Crippen molar-refractivity contribution in [1.29, 1.82) is 0 Å². The molecule has 2 aromatic carbocycles. The van der Waals surface area contributed by atoms with Crippen molar-refractivity contribution >= 4 is 39.3 Å². The standard InChI is InChI=1S/C17H12INO/c1-11-5-2-8-13(15(11)18)17(20)14-9-3-6-12-7-4-10-19-16(12)14/h2-10H,1H3. The Kier molecular flexibility index (Phi) is 3.53. The van der Waals surface area contributed by atoms with Gasteiger partial charge in [-0.15, -0.1) is 0 Å². The number of halogens is 1. The van der Waals surface area contributed by atoms with Gasteiger partial charge in [-0.25, -0.2) is 0 Å². The molecule has 1 heterocycles. The van der Waals surface area contributed by atoms with Crippen molar-refractivity contribution in [2.75, 3.05) is 0 Å². The smallest absolute Gasteiger partial charge is 0.196 e. The number of pyridine rings is 1. The number of aromatic nitrogens is 1. The van der Waals surface area contributed by atoms with E-state index < -0.39 is 0 Å². The first-order chi connectivity index (χ1) is 9.68. The summed E-state index contributed by atoms with van der Waals surface area (Å²) in [5.74, 6) is 0.0300. The normalized spacial score (nSPS) is 10.7. The Hall–Kier alpha value is -1.75. The molecule has 20 heavy (non-hydrogen) atoms. The summed E-state index contributed by atoms with van der Waals surface area (Å²) < 4.78 is 1.00. The van der Waals surface area contributed by atoms with Gasteiger partial charge in [-0.2, -0.15) is 0 Å². The minimum atomic E-state index is 0.0300. The van der Waals surface area contributed by atoms with Gasteiger partial charge in [-0.1, -0.05) is 30.3 Å². The number of hydrogen-bond donors (Lipinski definition) is 0. The number of aryl methyl sites for hydroxylation is 1. The number of nitrogens with zero attached hydrogens (tertiary/aromatic N) is 1. The molecular weight excluding hydrogens is 361 g/mol. The Morgan fingerprint density at radius 3 is 2.55 bits per heavy atom. The molecule has 3 heteroatoms. The Morgan fingerprint density at radius 1 is 1.00 bits per heavy atom. The van der Waals surface area contributed by atoms with E-state index in [0.717, 1.165) is 25.6 Å². The summed E-state index contributed by atoms with van der Waals surface area (Å²) in [6, 6.07) is 15.4. The van der Waals surface area contributed by atoms with Gasteiger partial charge in [0, 0.05) is 26.3 Å². The zero-order valence-electron chi connectivity index (χ0n) is 10.9. The van der Waals surface area contributed by atoms with Gasteiger partial charge in [-0.05, 0) is 53.3 Å². The average molecular weight is 373 g/mol. The first kappa shape index (κ1) is 13.2. The Morgan fingerprint density at radius 2 is 1.70 bits per heavy atom. The number of ketones is 1. The van der Waals surface area contributed by atoms with Crippen molar-refractivity contribution in [3.8, 4) is 0 Å². The highest BCUT2D eigenvalue weighted by Gasteiger charge is 2.16. The molecule has 0 saturated heterocycles. The van der Waals surface area contributed by atoms with Gasteiger partial charge in [0.05, 0.1) is 5.52 Å². The van der Waals surface area contributed by atoms with Gasteiger partial charge in [0.25, 0.3) is 0 Å². The van der Waals surface area contributed by atoms with Crippen LogP contribution in [0.2, 0.25) is 0 Å². The number of carbonyl (C=O) groups excluding carboxylic acids is 1. The van der Waals surface area contributed by atoms with Crippen LogP contribution < -0.4 is 0 Å². The molecule has 1 aromatic heterocycles. The second-order valence-electron chi connectivity index (χ2n) is 4.65. The summed E-state index contributed by atoms with van der Waals surface area (Å²) in [5, 5.41) is 0.987. The Labute approximate surface area is 131 Å². The molecule has 0 radical (unpaired) electrons. The van der Waals surface area contributed by atoms with E-state index in [2.05, 4.69) is 27.6 Å². The topological polar surface area (TPSA) is 30.0 Å². The molecule has 0 amide bonds. The highest BCUT2D eigenvalue weighted by molar-refractivity contribution is 14.1. The van der Waals surface area contributed by atoms with Crippen LogP contribution in [0.5, 0.6) is 0 Å². The summed E-state index contributed by atoms with van der Waals surface area (Å²) in [6.45, 7) is 2.01. The van der Waals surface area contributed by atoms with E-state index in [-0.39, 0.29) is 5.78 Å². The molecule has 0 aliphatic heterocycles. The molecule has 3 aromatic rings. The fourth-order valence-corrected chi connectivity index (χ4v) is 2.86. The molecule has 0 bridgehead atoms. The summed E-state index contributed by atoms with van der Waals surface area (Å²) in [6.07, 6.45) is 1.72. The number of benzene rings is 2.